The van der Waals surface area contributed by atoms with Gasteiger partial charge in [0.2, 0.25) is 0 Å². The van der Waals surface area contributed by atoms with E-state index in [9.17, 15) is 0 Å². The minimum Gasteiger partial charge on any atom is -0.375 e. The van der Waals surface area contributed by atoms with Crippen molar-refractivity contribution >= 4 is 23.0 Å². The molecule has 3 N–H and O–H groups in total. The molecule has 2 fully saturated rings. The SMILES string of the molecule is C=C1CC[C@H]2C(C)(C)CCC[C@]2(C)[C@H]1CC/C(C)=C\CC/C(C)=N\NC(N)=S. The lowest BCUT2D eigenvalue weighted by Gasteiger charge is -2.58. The fraction of sp³-hybridized carbons (Fsp3) is 0.750. The Morgan fingerprint density at radius 2 is 2.00 bits per heavy atom. The Labute approximate surface area is 178 Å². The molecule has 0 aromatic carbocycles. The Hall–Kier alpha value is -1.16. The van der Waals surface area contributed by atoms with Gasteiger partial charge >= 0.3 is 0 Å². The Kier molecular flexibility index (Phi) is 7.89. The molecule has 0 spiro atoms. The van der Waals surface area contributed by atoms with Gasteiger partial charge in [0.05, 0.1) is 0 Å². The summed E-state index contributed by atoms with van der Waals surface area (Å²) in [6.07, 6.45) is 13.4. The van der Waals surface area contributed by atoms with Gasteiger partial charge in [0, 0.05) is 5.71 Å². The molecule has 0 aliphatic heterocycles. The van der Waals surface area contributed by atoms with Crippen LogP contribution >= 0.6 is 12.2 Å². The first-order valence-electron chi connectivity index (χ1n) is 11.0. The van der Waals surface area contributed by atoms with Crippen molar-refractivity contribution in [2.45, 2.75) is 92.4 Å². The van der Waals surface area contributed by atoms with Gasteiger partial charge in [-0.25, -0.2) is 0 Å². The lowest BCUT2D eigenvalue weighted by atomic mass is 9.47. The maximum atomic E-state index is 5.41. The van der Waals surface area contributed by atoms with Crippen molar-refractivity contribution in [3.8, 4) is 0 Å². The average Bonchev–Trinajstić information content (AvgIpc) is 2.58. The average molecular weight is 404 g/mol. The van der Waals surface area contributed by atoms with Crippen molar-refractivity contribution in [1.29, 1.82) is 0 Å². The van der Waals surface area contributed by atoms with Gasteiger partial charge < -0.3 is 5.73 Å². The Bertz CT molecular complexity index is 646. The first-order chi connectivity index (χ1) is 13.1. The van der Waals surface area contributed by atoms with Crippen LogP contribution in [-0.4, -0.2) is 10.8 Å². The minimum absolute atomic E-state index is 0.219. The fourth-order valence-electron chi connectivity index (χ4n) is 6.02. The standard InChI is InChI=1S/C24H41N3S/c1-17(9-7-10-19(3)26-27-22(25)28)11-13-20-18(2)12-14-21-23(4,5)15-8-16-24(20,21)6/h9,20-21H,2,7-8,10-16H2,1,3-6H3,(H3,25,27,28)/b17-9-,26-19-/t20-,21-,24+/m0/s1. The molecule has 158 valence electrons. The zero-order valence-electron chi connectivity index (χ0n) is 18.7. The van der Waals surface area contributed by atoms with E-state index in [0.717, 1.165) is 24.5 Å². The molecule has 28 heavy (non-hydrogen) atoms. The molecule has 0 amide bonds. The highest BCUT2D eigenvalue weighted by Crippen LogP contribution is 2.61. The third-order valence-electron chi connectivity index (χ3n) is 7.50. The predicted octanol–water partition coefficient (Wildman–Crippen LogP) is 6.50. The lowest BCUT2D eigenvalue weighted by molar-refractivity contribution is -0.0539. The number of nitrogens with two attached hydrogens (primary N) is 1. The molecule has 2 rings (SSSR count). The van der Waals surface area contributed by atoms with Gasteiger partial charge in [0.15, 0.2) is 5.11 Å². The second-order valence-electron chi connectivity index (χ2n) is 10.1. The van der Waals surface area contributed by atoms with Crippen molar-refractivity contribution in [3.63, 3.8) is 0 Å². The van der Waals surface area contributed by atoms with Crippen LogP contribution in [-0.2, 0) is 0 Å². The molecule has 0 unspecified atom stereocenters. The number of thiocarbonyl (C=S) groups is 1. The predicted molar refractivity (Wildman–Crippen MR) is 126 cm³/mol. The van der Waals surface area contributed by atoms with Crippen LogP contribution in [0.15, 0.2) is 28.9 Å². The first-order valence-corrected chi connectivity index (χ1v) is 11.4. The molecule has 0 radical (unpaired) electrons. The lowest BCUT2D eigenvalue weighted by Crippen LogP contribution is -2.49. The van der Waals surface area contributed by atoms with E-state index in [2.05, 4.69) is 50.9 Å². The Morgan fingerprint density at radius 3 is 2.68 bits per heavy atom. The van der Waals surface area contributed by atoms with E-state index in [0.29, 0.717) is 16.7 Å². The molecule has 4 heteroatoms. The van der Waals surface area contributed by atoms with E-state index >= 15 is 0 Å². The summed E-state index contributed by atoms with van der Waals surface area (Å²) in [6.45, 7) is 16.4. The molecule has 0 aromatic rings. The summed E-state index contributed by atoms with van der Waals surface area (Å²) in [5.41, 5.74) is 13.0. The summed E-state index contributed by atoms with van der Waals surface area (Å²) in [5.74, 6) is 1.51. The zero-order valence-corrected chi connectivity index (χ0v) is 19.6. The van der Waals surface area contributed by atoms with Gasteiger partial charge in [-0.05, 0) is 100 Å². The molecular formula is C24H41N3S. The van der Waals surface area contributed by atoms with Gasteiger partial charge in [0.1, 0.15) is 0 Å². The maximum Gasteiger partial charge on any atom is 0.184 e. The topological polar surface area (TPSA) is 50.4 Å². The van der Waals surface area contributed by atoms with Gasteiger partial charge in [-0.3, -0.25) is 5.43 Å². The highest BCUT2D eigenvalue weighted by Gasteiger charge is 2.52. The number of hydrazone groups is 1. The van der Waals surface area contributed by atoms with Gasteiger partial charge in [0.25, 0.3) is 0 Å². The molecule has 0 bridgehead atoms. The van der Waals surface area contributed by atoms with Crippen LogP contribution in [0.1, 0.15) is 92.4 Å². The molecule has 0 saturated heterocycles. The quantitative estimate of drug-likeness (QED) is 0.221. The van der Waals surface area contributed by atoms with Crippen molar-refractivity contribution < 1.29 is 0 Å². The zero-order chi connectivity index (χ0) is 20.9. The fourth-order valence-corrected chi connectivity index (χ4v) is 6.06. The Morgan fingerprint density at radius 1 is 1.29 bits per heavy atom. The number of hydrogen-bond donors (Lipinski definition) is 2. The number of fused-ring (bicyclic) bond motifs is 1. The largest absolute Gasteiger partial charge is 0.375 e. The monoisotopic (exact) mass is 403 g/mol. The number of allylic oxidation sites excluding steroid dienone is 3. The number of nitrogens with zero attached hydrogens (tertiary/aromatic N) is 1. The van der Waals surface area contributed by atoms with Crippen LogP contribution in [0.3, 0.4) is 0 Å². The van der Waals surface area contributed by atoms with E-state index in [1.807, 2.05) is 6.92 Å². The van der Waals surface area contributed by atoms with Gasteiger partial charge in [-0.15, -0.1) is 0 Å². The van der Waals surface area contributed by atoms with Crippen LogP contribution in [0, 0.1) is 22.7 Å². The summed E-state index contributed by atoms with van der Waals surface area (Å²) in [4.78, 5) is 0. The number of rotatable bonds is 7. The van der Waals surface area contributed by atoms with Crippen molar-refractivity contribution in [1.82, 2.24) is 5.43 Å². The third-order valence-corrected chi connectivity index (χ3v) is 7.59. The highest BCUT2D eigenvalue weighted by molar-refractivity contribution is 7.80. The normalized spacial score (nSPS) is 30.7. The summed E-state index contributed by atoms with van der Waals surface area (Å²) in [7, 11) is 0. The minimum atomic E-state index is 0.219. The highest BCUT2D eigenvalue weighted by atomic mass is 32.1. The van der Waals surface area contributed by atoms with Crippen LogP contribution in [0.5, 0.6) is 0 Å². The molecule has 3 atom stereocenters. The van der Waals surface area contributed by atoms with Crippen molar-refractivity contribution in [2.75, 3.05) is 0 Å². The molecular weight excluding hydrogens is 362 g/mol. The number of hydrogen-bond acceptors (Lipinski definition) is 2. The van der Waals surface area contributed by atoms with E-state index in [1.54, 1.807) is 0 Å². The van der Waals surface area contributed by atoms with E-state index in [1.165, 1.54) is 56.1 Å². The first kappa shape index (κ1) is 23.1. The van der Waals surface area contributed by atoms with Crippen LogP contribution in [0.25, 0.3) is 0 Å². The van der Waals surface area contributed by atoms with Crippen LogP contribution < -0.4 is 11.2 Å². The van der Waals surface area contributed by atoms with E-state index in [4.69, 9.17) is 18.0 Å². The Balaban J connectivity index is 1.93. The molecule has 2 saturated carbocycles. The molecule has 3 nitrogen and oxygen atoms in total. The van der Waals surface area contributed by atoms with E-state index in [-0.39, 0.29) is 5.11 Å². The van der Waals surface area contributed by atoms with Crippen LogP contribution in [0.4, 0.5) is 0 Å². The smallest absolute Gasteiger partial charge is 0.184 e. The van der Waals surface area contributed by atoms with Crippen molar-refractivity contribution in [3.05, 3.63) is 23.8 Å². The molecule has 0 aromatic heterocycles. The summed E-state index contributed by atoms with van der Waals surface area (Å²) >= 11 is 4.78. The van der Waals surface area contributed by atoms with Gasteiger partial charge in [-0.2, -0.15) is 5.10 Å². The number of nitrogens with one attached hydrogen (secondary N) is 1. The maximum absolute atomic E-state index is 5.41. The second kappa shape index (κ2) is 9.56. The summed E-state index contributed by atoms with van der Waals surface area (Å²) in [6, 6.07) is 0. The molecule has 2 aliphatic carbocycles. The van der Waals surface area contributed by atoms with Crippen molar-refractivity contribution in [2.24, 2.45) is 33.5 Å². The third kappa shape index (κ3) is 5.68. The van der Waals surface area contributed by atoms with Gasteiger partial charge in [-0.1, -0.05) is 51.0 Å². The second-order valence-corrected chi connectivity index (χ2v) is 10.5. The molecule has 0 heterocycles. The molecule has 2 aliphatic rings. The van der Waals surface area contributed by atoms with Crippen LogP contribution in [0.2, 0.25) is 0 Å². The summed E-state index contributed by atoms with van der Waals surface area (Å²) < 4.78 is 0. The van der Waals surface area contributed by atoms with E-state index < -0.39 is 0 Å². The summed E-state index contributed by atoms with van der Waals surface area (Å²) in [5, 5.41) is 4.40.